The van der Waals surface area contributed by atoms with Gasteiger partial charge in [0.2, 0.25) is 0 Å². The van der Waals surface area contributed by atoms with Crippen LogP contribution in [0.1, 0.15) is 85.1 Å². The van der Waals surface area contributed by atoms with Gasteiger partial charge in [0.25, 0.3) is 0 Å². The lowest BCUT2D eigenvalue weighted by Crippen LogP contribution is -2.29. The molecule has 1 aromatic heterocycles. The van der Waals surface area contributed by atoms with Crippen LogP contribution in [-0.4, -0.2) is 4.57 Å². The molecule has 0 saturated carbocycles. The molecule has 1 aromatic rings. The molecule has 0 bridgehead atoms. The third-order valence-corrected chi connectivity index (χ3v) is 6.29. The topological polar surface area (TPSA) is 28.7 Å². The lowest BCUT2D eigenvalue weighted by atomic mass is 9.63. The highest BCUT2D eigenvalue weighted by molar-refractivity contribution is 5.20. The predicted octanol–water partition coefficient (Wildman–Crippen LogP) is 6.14. The fourth-order valence-corrected chi connectivity index (χ4v) is 3.39. The summed E-state index contributed by atoms with van der Waals surface area (Å²) in [6.07, 6.45) is 10.3. The Labute approximate surface area is 137 Å². The van der Waals surface area contributed by atoms with E-state index in [1.54, 1.807) is 0 Å². The van der Waals surface area contributed by atoms with E-state index in [1.807, 2.05) is 4.57 Å². The first-order valence-corrected chi connectivity index (χ1v) is 8.90. The van der Waals surface area contributed by atoms with E-state index in [-0.39, 0.29) is 0 Å². The van der Waals surface area contributed by atoms with E-state index in [9.17, 15) is 0 Å². The third kappa shape index (κ3) is 4.15. The summed E-state index contributed by atoms with van der Waals surface area (Å²) in [6, 6.07) is 4.47. The summed E-state index contributed by atoms with van der Waals surface area (Å²) in [5.41, 5.74) is 2.13. The van der Waals surface area contributed by atoms with Crippen molar-refractivity contribution in [2.45, 2.75) is 86.1 Å². The van der Waals surface area contributed by atoms with Crippen molar-refractivity contribution in [1.82, 2.24) is 4.57 Å². The molecule has 0 aliphatic rings. The van der Waals surface area contributed by atoms with Crippen molar-refractivity contribution >= 4 is 0 Å². The van der Waals surface area contributed by atoms with Gasteiger partial charge >= 0.3 is 0 Å². The van der Waals surface area contributed by atoms with E-state index in [0.717, 1.165) is 0 Å². The normalized spacial score (nSPS) is 13.9. The van der Waals surface area contributed by atoms with Crippen molar-refractivity contribution in [1.29, 1.82) is 5.26 Å². The SMILES string of the molecule is CCC(C)(CC)CC(c1ccn(CC#N)c1)C(C)(CC)CC. The van der Waals surface area contributed by atoms with Crippen LogP contribution in [0.5, 0.6) is 0 Å². The molecule has 0 saturated heterocycles. The van der Waals surface area contributed by atoms with Gasteiger partial charge < -0.3 is 4.57 Å². The minimum absolute atomic E-state index is 0.324. The second-order valence-corrected chi connectivity index (χ2v) is 7.41. The average Bonchev–Trinajstić information content (AvgIpc) is 3.00. The van der Waals surface area contributed by atoms with Crippen molar-refractivity contribution in [2.75, 3.05) is 0 Å². The minimum atomic E-state index is 0.324. The number of nitriles is 1. The lowest BCUT2D eigenvalue weighted by Gasteiger charge is -2.41. The van der Waals surface area contributed by atoms with Gasteiger partial charge in [-0.25, -0.2) is 0 Å². The summed E-state index contributed by atoms with van der Waals surface area (Å²) in [7, 11) is 0. The Morgan fingerprint density at radius 2 is 1.68 bits per heavy atom. The summed E-state index contributed by atoms with van der Waals surface area (Å²) in [4.78, 5) is 0. The van der Waals surface area contributed by atoms with Crippen LogP contribution in [0.2, 0.25) is 0 Å². The van der Waals surface area contributed by atoms with E-state index in [4.69, 9.17) is 5.26 Å². The molecule has 1 unspecified atom stereocenters. The molecule has 0 amide bonds. The van der Waals surface area contributed by atoms with E-state index in [0.29, 0.717) is 23.3 Å². The molecule has 0 aromatic carbocycles. The average molecular weight is 303 g/mol. The second-order valence-electron chi connectivity index (χ2n) is 7.41. The highest BCUT2D eigenvalue weighted by Gasteiger charge is 2.37. The number of hydrogen-bond acceptors (Lipinski definition) is 1. The summed E-state index contributed by atoms with van der Waals surface area (Å²) in [6.45, 7) is 14.6. The van der Waals surface area contributed by atoms with Crippen molar-refractivity contribution in [3.05, 3.63) is 24.0 Å². The number of rotatable bonds is 9. The zero-order valence-corrected chi connectivity index (χ0v) is 15.4. The summed E-state index contributed by atoms with van der Waals surface area (Å²) >= 11 is 0. The van der Waals surface area contributed by atoms with Crippen LogP contribution in [0.25, 0.3) is 0 Å². The zero-order valence-electron chi connectivity index (χ0n) is 15.4. The Morgan fingerprint density at radius 3 is 2.14 bits per heavy atom. The first kappa shape index (κ1) is 18.8. The molecule has 0 spiro atoms. The smallest absolute Gasteiger partial charge is 0.109 e. The van der Waals surface area contributed by atoms with Gasteiger partial charge in [-0.15, -0.1) is 0 Å². The molecule has 1 heterocycles. The molecule has 0 aliphatic carbocycles. The van der Waals surface area contributed by atoms with Gasteiger partial charge in [0.1, 0.15) is 6.54 Å². The number of aromatic nitrogens is 1. The van der Waals surface area contributed by atoms with Crippen LogP contribution < -0.4 is 0 Å². The van der Waals surface area contributed by atoms with Crippen LogP contribution in [0.15, 0.2) is 18.5 Å². The maximum Gasteiger partial charge on any atom is 0.109 e. The predicted molar refractivity (Wildman–Crippen MR) is 94.8 cm³/mol. The second kappa shape index (κ2) is 7.86. The van der Waals surface area contributed by atoms with Gasteiger partial charge in [-0.3, -0.25) is 0 Å². The van der Waals surface area contributed by atoms with Gasteiger partial charge in [0, 0.05) is 12.4 Å². The molecule has 0 radical (unpaired) electrons. The highest BCUT2D eigenvalue weighted by Crippen LogP contribution is 2.49. The Morgan fingerprint density at radius 1 is 1.09 bits per heavy atom. The van der Waals surface area contributed by atoms with E-state index in [1.165, 1.54) is 37.7 Å². The van der Waals surface area contributed by atoms with Crippen LogP contribution in [-0.2, 0) is 6.54 Å². The Bertz CT molecular complexity index is 484. The van der Waals surface area contributed by atoms with Crippen molar-refractivity contribution in [3.63, 3.8) is 0 Å². The number of nitrogens with zero attached hydrogens (tertiary/aromatic N) is 2. The molecule has 1 atom stereocenters. The van der Waals surface area contributed by atoms with E-state index < -0.39 is 0 Å². The van der Waals surface area contributed by atoms with E-state index in [2.05, 4.69) is 66.1 Å². The quantitative estimate of drug-likeness (QED) is 0.538. The number of hydrogen-bond donors (Lipinski definition) is 0. The minimum Gasteiger partial charge on any atom is -0.340 e. The third-order valence-electron chi connectivity index (χ3n) is 6.29. The molecular formula is C20H34N2. The molecule has 22 heavy (non-hydrogen) atoms. The highest BCUT2D eigenvalue weighted by atomic mass is 14.9. The van der Waals surface area contributed by atoms with Crippen molar-refractivity contribution in [2.24, 2.45) is 10.8 Å². The first-order chi connectivity index (χ1) is 10.4. The maximum atomic E-state index is 8.91. The Hall–Kier alpha value is -1.23. The largest absolute Gasteiger partial charge is 0.340 e. The molecule has 0 aliphatic heterocycles. The van der Waals surface area contributed by atoms with E-state index >= 15 is 0 Å². The van der Waals surface area contributed by atoms with Gasteiger partial charge in [-0.2, -0.15) is 5.26 Å². The van der Waals surface area contributed by atoms with Gasteiger partial charge in [-0.05, 0) is 34.8 Å². The molecule has 2 nitrogen and oxygen atoms in total. The van der Waals surface area contributed by atoms with Gasteiger partial charge in [0.05, 0.1) is 6.07 Å². The van der Waals surface area contributed by atoms with Crippen LogP contribution in [0.3, 0.4) is 0 Å². The zero-order chi connectivity index (χ0) is 16.8. The molecule has 2 heteroatoms. The Balaban J connectivity index is 3.18. The Kier molecular flexibility index (Phi) is 6.72. The first-order valence-electron chi connectivity index (χ1n) is 8.90. The fourth-order valence-electron chi connectivity index (χ4n) is 3.39. The summed E-state index contributed by atoms with van der Waals surface area (Å²) in [5.74, 6) is 0.562. The van der Waals surface area contributed by atoms with Gasteiger partial charge in [0.15, 0.2) is 0 Å². The molecule has 1 rings (SSSR count). The monoisotopic (exact) mass is 302 g/mol. The summed E-state index contributed by atoms with van der Waals surface area (Å²) in [5, 5.41) is 8.91. The van der Waals surface area contributed by atoms with Crippen molar-refractivity contribution in [3.8, 4) is 6.07 Å². The maximum absolute atomic E-state index is 8.91. The van der Waals surface area contributed by atoms with Crippen LogP contribution in [0.4, 0.5) is 0 Å². The fraction of sp³-hybridized carbons (Fsp3) is 0.750. The molecule has 0 N–H and O–H groups in total. The summed E-state index contributed by atoms with van der Waals surface area (Å²) < 4.78 is 2.02. The van der Waals surface area contributed by atoms with Gasteiger partial charge in [-0.1, -0.05) is 67.2 Å². The van der Waals surface area contributed by atoms with Crippen LogP contribution in [0, 0.1) is 22.2 Å². The van der Waals surface area contributed by atoms with Crippen LogP contribution >= 0.6 is 0 Å². The lowest BCUT2D eigenvalue weighted by molar-refractivity contribution is 0.150. The molecule has 0 fully saturated rings. The molecular weight excluding hydrogens is 268 g/mol. The molecule has 124 valence electrons. The van der Waals surface area contributed by atoms with Crippen molar-refractivity contribution < 1.29 is 0 Å². The standard InChI is InChI=1S/C20H34N2/c1-7-19(5,8-2)15-18(20(6,9-3)10-4)17-11-13-22(16-17)14-12-21/h11,13,16,18H,7-10,14-15H2,1-6H3.